The first-order valence-electron chi connectivity index (χ1n) is 6.58. The quantitative estimate of drug-likeness (QED) is 0.882. The number of hydrogen-bond donors (Lipinski definition) is 1. The summed E-state index contributed by atoms with van der Waals surface area (Å²) >= 11 is 5.98. The molecule has 1 aromatic heterocycles. The van der Waals surface area contributed by atoms with Crippen molar-refractivity contribution in [3.05, 3.63) is 52.8 Å². The zero-order valence-corrected chi connectivity index (χ0v) is 11.8. The van der Waals surface area contributed by atoms with Gasteiger partial charge in [0, 0.05) is 24.4 Å². The molecule has 0 fully saturated rings. The summed E-state index contributed by atoms with van der Waals surface area (Å²) in [5.74, 6) is 0.202. The van der Waals surface area contributed by atoms with Crippen LogP contribution in [0.3, 0.4) is 0 Å². The molecule has 1 atom stereocenters. The number of rotatable bonds is 6. The van der Waals surface area contributed by atoms with Crippen molar-refractivity contribution in [1.82, 2.24) is 9.78 Å². The molecule has 3 nitrogen and oxygen atoms in total. The summed E-state index contributed by atoms with van der Waals surface area (Å²) in [5.41, 5.74) is 2.33. The van der Waals surface area contributed by atoms with Crippen molar-refractivity contribution in [2.24, 2.45) is 5.92 Å². The molecule has 0 aliphatic carbocycles. The Kier molecular flexibility index (Phi) is 5.00. The fourth-order valence-electron chi connectivity index (χ4n) is 2.22. The molecule has 0 aliphatic heterocycles. The normalized spacial score (nSPS) is 12.6. The molecule has 19 heavy (non-hydrogen) atoms. The van der Waals surface area contributed by atoms with Crippen molar-refractivity contribution in [3.8, 4) is 0 Å². The van der Waals surface area contributed by atoms with Crippen LogP contribution < -0.4 is 0 Å². The smallest absolute Gasteiger partial charge is 0.0521 e. The summed E-state index contributed by atoms with van der Waals surface area (Å²) in [6.45, 7) is 3.11. The molecular formula is C15H19ClN2O. The van der Waals surface area contributed by atoms with Gasteiger partial charge in [0.05, 0.1) is 6.20 Å². The summed E-state index contributed by atoms with van der Waals surface area (Å²) < 4.78 is 1.91. The van der Waals surface area contributed by atoms with Crippen molar-refractivity contribution in [2.75, 3.05) is 6.61 Å². The Hall–Kier alpha value is -1.32. The van der Waals surface area contributed by atoms with Crippen LogP contribution in [0.4, 0.5) is 0 Å². The molecule has 1 N–H and O–H groups in total. The lowest BCUT2D eigenvalue weighted by atomic mass is 9.94. The van der Waals surface area contributed by atoms with E-state index in [-0.39, 0.29) is 12.5 Å². The molecule has 0 radical (unpaired) electrons. The van der Waals surface area contributed by atoms with Crippen LogP contribution in [-0.4, -0.2) is 21.5 Å². The number of hydrogen-bond acceptors (Lipinski definition) is 2. The average Bonchev–Trinajstić information content (AvgIpc) is 2.85. The zero-order chi connectivity index (χ0) is 13.7. The van der Waals surface area contributed by atoms with Gasteiger partial charge in [0.1, 0.15) is 0 Å². The molecule has 2 aromatic rings. The number of aromatic nitrogens is 2. The van der Waals surface area contributed by atoms with E-state index in [1.165, 1.54) is 5.56 Å². The monoisotopic (exact) mass is 278 g/mol. The molecule has 0 spiro atoms. The molecule has 0 saturated heterocycles. The molecule has 1 heterocycles. The van der Waals surface area contributed by atoms with E-state index in [9.17, 15) is 5.11 Å². The third kappa shape index (κ3) is 4.08. The molecule has 0 amide bonds. The van der Waals surface area contributed by atoms with E-state index in [1.807, 2.05) is 41.3 Å². The standard InChI is InChI=1S/C15H19ClN2O/c1-2-18-10-14(9-17-18)7-13(11-19)6-12-4-3-5-15(16)8-12/h3-5,8-10,13,19H,2,6-7,11H2,1H3. The lowest BCUT2D eigenvalue weighted by molar-refractivity contribution is 0.225. The molecule has 1 unspecified atom stereocenters. The van der Waals surface area contributed by atoms with Gasteiger partial charge in [-0.15, -0.1) is 0 Å². The van der Waals surface area contributed by atoms with Crippen molar-refractivity contribution in [3.63, 3.8) is 0 Å². The second-order valence-electron chi connectivity index (χ2n) is 4.79. The van der Waals surface area contributed by atoms with E-state index in [1.54, 1.807) is 0 Å². The van der Waals surface area contributed by atoms with Gasteiger partial charge in [-0.2, -0.15) is 5.10 Å². The highest BCUT2D eigenvalue weighted by Gasteiger charge is 2.11. The minimum atomic E-state index is 0.170. The zero-order valence-electron chi connectivity index (χ0n) is 11.1. The minimum absolute atomic E-state index is 0.170. The highest BCUT2D eigenvalue weighted by Crippen LogP contribution is 2.17. The first-order valence-corrected chi connectivity index (χ1v) is 6.95. The Morgan fingerprint density at radius 3 is 2.74 bits per heavy atom. The summed E-state index contributed by atoms with van der Waals surface area (Å²) in [6.07, 6.45) is 5.59. The summed E-state index contributed by atoms with van der Waals surface area (Å²) in [5, 5.41) is 14.5. The molecule has 4 heteroatoms. The molecule has 1 aromatic carbocycles. The number of aliphatic hydroxyl groups is 1. The lowest BCUT2D eigenvalue weighted by Gasteiger charge is -2.13. The second kappa shape index (κ2) is 6.73. The van der Waals surface area contributed by atoms with Crippen molar-refractivity contribution >= 4 is 11.6 Å². The van der Waals surface area contributed by atoms with E-state index in [2.05, 4.69) is 12.0 Å². The summed E-state index contributed by atoms with van der Waals surface area (Å²) in [4.78, 5) is 0. The van der Waals surface area contributed by atoms with Gasteiger partial charge in [0.2, 0.25) is 0 Å². The van der Waals surface area contributed by atoms with Gasteiger partial charge in [-0.25, -0.2) is 0 Å². The van der Waals surface area contributed by atoms with E-state index in [0.29, 0.717) is 0 Å². The highest BCUT2D eigenvalue weighted by atomic mass is 35.5. The van der Waals surface area contributed by atoms with Gasteiger partial charge in [-0.05, 0) is 48.9 Å². The molecule has 0 saturated carbocycles. The molecule has 102 valence electrons. The van der Waals surface area contributed by atoms with Crippen LogP contribution in [-0.2, 0) is 19.4 Å². The van der Waals surface area contributed by atoms with Crippen LogP contribution in [0.25, 0.3) is 0 Å². The number of halogens is 1. The summed E-state index contributed by atoms with van der Waals surface area (Å²) in [6, 6.07) is 7.81. The van der Waals surface area contributed by atoms with Gasteiger partial charge in [0.15, 0.2) is 0 Å². The Morgan fingerprint density at radius 1 is 1.32 bits per heavy atom. The maximum absolute atomic E-state index is 9.52. The highest BCUT2D eigenvalue weighted by molar-refractivity contribution is 6.30. The largest absolute Gasteiger partial charge is 0.396 e. The van der Waals surface area contributed by atoms with Crippen LogP contribution in [0.2, 0.25) is 5.02 Å². The van der Waals surface area contributed by atoms with Crippen molar-refractivity contribution in [2.45, 2.75) is 26.3 Å². The Balaban J connectivity index is 2.00. The number of aliphatic hydroxyl groups excluding tert-OH is 1. The first kappa shape index (κ1) is 14.1. The van der Waals surface area contributed by atoms with Crippen LogP contribution in [0.1, 0.15) is 18.1 Å². The van der Waals surface area contributed by atoms with Crippen molar-refractivity contribution in [1.29, 1.82) is 0 Å². The number of aryl methyl sites for hydroxylation is 1. The molecule has 0 bridgehead atoms. The van der Waals surface area contributed by atoms with Crippen LogP contribution in [0.15, 0.2) is 36.7 Å². The number of benzene rings is 1. The predicted molar refractivity (Wildman–Crippen MR) is 77.3 cm³/mol. The van der Waals surface area contributed by atoms with Gasteiger partial charge < -0.3 is 5.11 Å². The third-order valence-electron chi connectivity index (χ3n) is 3.21. The average molecular weight is 279 g/mol. The van der Waals surface area contributed by atoms with Gasteiger partial charge in [0.25, 0.3) is 0 Å². The van der Waals surface area contributed by atoms with Gasteiger partial charge >= 0.3 is 0 Å². The topological polar surface area (TPSA) is 38.0 Å². The Morgan fingerprint density at radius 2 is 2.11 bits per heavy atom. The lowest BCUT2D eigenvalue weighted by Crippen LogP contribution is -2.12. The van der Waals surface area contributed by atoms with Gasteiger partial charge in [-0.3, -0.25) is 4.68 Å². The molecule has 0 aliphatic rings. The van der Waals surface area contributed by atoms with E-state index in [0.717, 1.165) is 30.0 Å². The Labute approximate surface area is 118 Å². The maximum Gasteiger partial charge on any atom is 0.0521 e. The van der Waals surface area contributed by atoms with Crippen LogP contribution >= 0.6 is 11.6 Å². The fourth-order valence-corrected chi connectivity index (χ4v) is 2.43. The van der Waals surface area contributed by atoms with Gasteiger partial charge in [-0.1, -0.05) is 23.7 Å². The van der Waals surface area contributed by atoms with Crippen LogP contribution in [0, 0.1) is 5.92 Å². The van der Waals surface area contributed by atoms with Crippen LogP contribution in [0.5, 0.6) is 0 Å². The van der Waals surface area contributed by atoms with E-state index < -0.39 is 0 Å². The first-order chi connectivity index (χ1) is 9.21. The fraction of sp³-hybridized carbons (Fsp3) is 0.400. The minimum Gasteiger partial charge on any atom is -0.396 e. The van der Waals surface area contributed by atoms with E-state index in [4.69, 9.17) is 11.6 Å². The van der Waals surface area contributed by atoms with E-state index >= 15 is 0 Å². The second-order valence-corrected chi connectivity index (χ2v) is 5.23. The van der Waals surface area contributed by atoms with Crippen molar-refractivity contribution < 1.29 is 5.11 Å². The Bertz CT molecular complexity index is 524. The predicted octanol–water partition coefficient (Wildman–Crippen LogP) is 2.95. The number of nitrogens with zero attached hydrogens (tertiary/aromatic N) is 2. The third-order valence-corrected chi connectivity index (χ3v) is 3.44. The molecule has 2 rings (SSSR count). The molecular weight excluding hydrogens is 260 g/mol. The maximum atomic E-state index is 9.52. The summed E-state index contributed by atoms with van der Waals surface area (Å²) in [7, 11) is 0. The SMILES string of the molecule is CCn1cc(CC(CO)Cc2cccc(Cl)c2)cn1.